The monoisotopic (exact) mass is 952 g/mol. The normalized spacial score (nSPS) is 13.4. The number of ether oxygens (including phenoxy) is 3. The number of esters is 2. The summed E-state index contributed by atoms with van der Waals surface area (Å²) >= 11 is 0. The van der Waals surface area contributed by atoms with Gasteiger partial charge in [0.25, 0.3) is 0 Å². The lowest BCUT2D eigenvalue weighted by Crippen LogP contribution is -2.55. The fourth-order valence-electron chi connectivity index (χ4n) is 7.97. The fraction of sp³-hybridized carbons (Fsp3) is 0.750. The van der Waals surface area contributed by atoms with Crippen LogP contribution in [0.4, 0.5) is 0 Å². The Morgan fingerprint density at radius 3 is 1.22 bits per heavy atom. The van der Waals surface area contributed by atoms with Crippen molar-refractivity contribution in [2.45, 2.75) is 251 Å². The molecule has 0 rings (SSSR count). The quantitative estimate of drug-likeness (QED) is 0.0259. The van der Waals surface area contributed by atoms with Crippen LogP contribution < -0.4 is 5.11 Å². The lowest BCUT2D eigenvalue weighted by molar-refractivity contribution is -0.889. The molecule has 0 saturated carbocycles. The van der Waals surface area contributed by atoms with Gasteiger partial charge in [-0.3, -0.25) is 9.59 Å². The highest BCUT2D eigenvalue weighted by molar-refractivity contribution is 5.70. The summed E-state index contributed by atoms with van der Waals surface area (Å²) in [7, 11) is 5.40. The summed E-state index contributed by atoms with van der Waals surface area (Å²) in [4.78, 5) is 37.1. The van der Waals surface area contributed by atoms with E-state index in [4.69, 9.17) is 14.2 Å². The number of allylic oxidation sites excluding steroid dienone is 12. The minimum atomic E-state index is -1.13. The Bertz CT molecular complexity index is 1340. The standard InChI is InChI=1S/C60H105NO7/c1-6-8-10-12-14-16-18-20-22-24-26-28-29-31-32-34-36-38-40-42-44-46-48-50-58(62)67-55-56(54-66-53-52-57(60(64)65)61(3,4)5)68-59(63)51-49-47-45-43-41-39-37-35-33-30-27-25-23-21-19-17-15-13-11-9-7-2/h15,17,21,23,27,30-32,35,37,41,43,56-57H,6-14,16,18-20,22,24-26,28-29,33-34,36,38-40,42,44-55H2,1-5H3/b17-15+,23-21+,30-27+,32-31+,37-35+,43-41+. The zero-order valence-corrected chi connectivity index (χ0v) is 44.8. The van der Waals surface area contributed by atoms with E-state index in [1.165, 1.54) is 141 Å². The van der Waals surface area contributed by atoms with Gasteiger partial charge in [0.1, 0.15) is 12.6 Å². The SMILES string of the molecule is CCCCC/C=C/C/C=C/C/C=C/C/C=C/C/C=C/CCCCC(=O)OC(COCCC(C(=O)[O-])[N+](C)(C)C)COC(=O)CCCCCCCCC/C=C/CCCCCCCCCCCCCC. The lowest BCUT2D eigenvalue weighted by atomic mass is 10.0. The van der Waals surface area contributed by atoms with Crippen LogP contribution in [-0.2, 0) is 28.6 Å². The van der Waals surface area contributed by atoms with Crippen molar-refractivity contribution in [3.8, 4) is 0 Å². The van der Waals surface area contributed by atoms with Crippen LogP contribution in [0.5, 0.6) is 0 Å². The van der Waals surface area contributed by atoms with E-state index in [1.807, 2.05) is 0 Å². The molecule has 0 amide bonds. The molecule has 0 fully saturated rings. The number of aliphatic carboxylic acids is 1. The molecule has 8 nitrogen and oxygen atoms in total. The number of carbonyl (C=O) groups is 3. The van der Waals surface area contributed by atoms with E-state index in [-0.39, 0.29) is 49.1 Å². The van der Waals surface area contributed by atoms with Crippen LogP contribution in [0.3, 0.4) is 0 Å². The molecular formula is C60H105NO7. The number of likely N-dealkylation sites (N-methyl/N-ethyl adjacent to an activating group) is 1. The topological polar surface area (TPSA) is 102 Å². The van der Waals surface area contributed by atoms with Gasteiger partial charge >= 0.3 is 11.9 Å². The first kappa shape index (κ1) is 64.8. The van der Waals surface area contributed by atoms with E-state index >= 15 is 0 Å². The molecule has 392 valence electrons. The van der Waals surface area contributed by atoms with Crippen molar-refractivity contribution >= 4 is 17.9 Å². The second-order valence-corrected chi connectivity index (χ2v) is 19.8. The van der Waals surface area contributed by atoms with Gasteiger partial charge in [0.05, 0.1) is 40.3 Å². The summed E-state index contributed by atoms with van der Waals surface area (Å²) < 4.78 is 17.2. The Hall–Kier alpha value is -3.23. The van der Waals surface area contributed by atoms with Gasteiger partial charge in [-0.25, -0.2) is 0 Å². The number of carboxylic acids is 1. The molecule has 0 aliphatic carbocycles. The largest absolute Gasteiger partial charge is 0.544 e. The third-order valence-corrected chi connectivity index (χ3v) is 12.3. The first-order valence-electron chi connectivity index (χ1n) is 28.0. The van der Waals surface area contributed by atoms with Crippen LogP contribution in [0.2, 0.25) is 0 Å². The summed E-state index contributed by atoms with van der Waals surface area (Å²) in [5.41, 5.74) is 0. The summed E-state index contributed by atoms with van der Waals surface area (Å²) in [6, 6.07) is -0.739. The molecule has 0 aromatic carbocycles. The molecule has 8 heteroatoms. The van der Waals surface area contributed by atoms with Crippen LogP contribution in [-0.4, -0.2) is 75.5 Å². The number of hydrogen-bond donors (Lipinski definition) is 0. The zero-order valence-electron chi connectivity index (χ0n) is 44.8. The molecule has 0 aromatic rings. The number of rotatable bonds is 50. The molecule has 2 atom stereocenters. The molecule has 0 aliphatic heterocycles. The Morgan fingerprint density at radius 1 is 0.441 bits per heavy atom. The number of unbranched alkanes of at least 4 members (excludes halogenated alkanes) is 24. The van der Waals surface area contributed by atoms with E-state index in [2.05, 4.69) is 86.8 Å². The van der Waals surface area contributed by atoms with Gasteiger partial charge < -0.3 is 28.6 Å². The maximum absolute atomic E-state index is 12.8. The minimum absolute atomic E-state index is 0.0192. The molecule has 0 aromatic heterocycles. The van der Waals surface area contributed by atoms with Gasteiger partial charge in [-0.05, 0) is 89.9 Å². The highest BCUT2D eigenvalue weighted by Gasteiger charge is 2.25. The highest BCUT2D eigenvalue weighted by atomic mass is 16.6. The summed E-state index contributed by atoms with van der Waals surface area (Å²) in [6.07, 6.45) is 65.2. The van der Waals surface area contributed by atoms with E-state index in [0.717, 1.165) is 57.8 Å². The predicted molar refractivity (Wildman–Crippen MR) is 286 cm³/mol. The second kappa shape index (κ2) is 50.2. The van der Waals surface area contributed by atoms with Crippen molar-refractivity contribution in [2.24, 2.45) is 0 Å². The second-order valence-electron chi connectivity index (χ2n) is 19.8. The first-order chi connectivity index (χ1) is 33.1. The molecule has 68 heavy (non-hydrogen) atoms. The Kier molecular flexibility index (Phi) is 47.8. The molecule has 0 radical (unpaired) electrons. The third kappa shape index (κ3) is 47.8. The number of carbonyl (C=O) groups excluding carboxylic acids is 3. The van der Waals surface area contributed by atoms with Gasteiger partial charge in [-0.2, -0.15) is 0 Å². The van der Waals surface area contributed by atoms with Crippen LogP contribution in [0.25, 0.3) is 0 Å². The van der Waals surface area contributed by atoms with Crippen molar-refractivity contribution < 1.29 is 38.2 Å². The number of carboxylic acid groups (broad SMARTS) is 1. The average molecular weight is 952 g/mol. The zero-order chi connectivity index (χ0) is 49.9. The van der Waals surface area contributed by atoms with Crippen molar-refractivity contribution in [2.75, 3.05) is 41.0 Å². The molecule has 0 N–H and O–H groups in total. The van der Waals surface area contributed by atoms with Gasteiger partial charge in [0.2, 0.25) is 0 Å². The van der Waals surface area contributed by atoms with E-state index < -0.39 is 18.1 Å². The van der Waals surface area contributed by atoms with Gasteiger partial charge in [0.15, 0.2) is 6.10 Å². The summed E-state index contributed by atoms with van der Waals surface area (Å²) in [5.74, 6) is -1.79. The number of nitrogens with zero attached hydrogens (tertiary/aromatic N) is 1. The number of quaternary nitrogens is 1. The van der Waals surface area contributed by atoms with Gasteiger partial charge in [0, 0.05) is 19.3 Å². The maximum Gasteiger partial charge on any atom is 0.306 e. The average Bonchev–Trinajstić information content (AvgIpc) is 3.30. The van der Waals surface area contributed by atoms with Crippen molar-refractivity contribution in [3.05, 3.63) is 72.9 Å². The van der Waals surface area contributed by atoms with Crippen LogP contribution in [0, 0.1) is 0 Å². The van der Waals surface area contributed by atoms with Crippen molar-refractivity contribution in [1.29, 1.82) is 0 Å². The van der Waals surface area contributed by atoms with Crippen LogP contribution in [0.15, 0.2) is 72.9 Å². The molecule has 0 spiro atoms. The third-order valence-electron chi connectivity index (χ3n) is 12.3. The predicted octanol–water partition coefficient (Wildman–Crippen LogP) is 15.3. The molecule has 0 saturated heterocycles. The van der Waals surface area contributed by atoms with Gasteiger partial charge in [-0.15, -0.1) is 0 Å². The Balaban J connectivity index is 4.28. The molecule has 2 unspecified atom stereocenters. The summed E-state index contributed by atoms with van der Waals surface area (Å²) in [5, 5.41) is 11.7. The van der Waals surface area contributed by atoms with Crippen LogP contribution >= 0.6 is 0 Å². The summed E-state index contributed by atoms with van der Waals surface area (Å²) in [6.45, 7) is 4.61. The van der Waals surface area contributed by atoms with E-state index in [1.54, 1.807) is 21.1 Å². The highest BCUT2D eigenvalue weighted by Crippen LogP contribution is 2.15. The maximum atomic E-state index is 12.8. The number of hydrogen-bond acceptors (Lipinski definition) is 7. The lowest BCUT2D eigenvalue weighted by Gasteiger charge is -2.34. The molecule has 0 aliphatic rings. The Labute approximate surface area is 419 Å². The van der Waals surface area contributed by atoms with Gasteiger partial charge in [-0.1, -0.05) is 202 Å². The minimum Gasteiger partial charge on any atom is -0.544 e. The van der Waals surface area contributed by atoms with E-state index in [9.17, 15) is 19.5 Å². The van der Waals surface area contributed by atoms with E-state index in [0.29, 0.717) is 12.8 Å². The fourth-order valence-corrected chi connectivity index (χ4v) is 7.97. The smallest absolute Gasteiger partial charge is 0.306 e. The molecule has 0 bridgehead atoms. The molecular weight excluding hydrogens is 847 g/mol. The molecule has 0 heterocycles. The van der Waals surface area contributed by atoms with Crippen molar-refractivity contribution in [3.63, 3.8) is 0 Å². The first-order valence-corrected chi connectivity index (χ1v) is 28.0. The van der Waals surface area contributed by atoms with Crippen molar-refractivity contribution in [1.82, 2.24) is 0 Å². The van der Waals surface area contributed by atoms with Crippen LogP contribution in [0.1, 0.15) is 239 Å². The Morgan fingerprint density at radius 2 is 0.779 bits per heavy atom.